The number of benzene rings is 1. The Hall–Kier alpha value is -3.46. The van der Waals surface area contributed by atoms with Gasteiger partial charge in [0, 0.05) is 30.2 Å². The summed E-state index contributed by atoms with van der Waals surface area (Å²) in [4.78, 5) is 29.5. The average Bonchev–Trinajstić information content (AvgIpc) is 3.03. The van der Waals surface area contributed by atoms with E-state index in [-0.39, 0.29) is 35.7 Å². The Kier molecular flexibility index (Phi) is 6.07. The molecular weight excluding hydrogens is 414 g/mol. The monoisotopic (exact) mass is 443 g/mol. The van der Waals surface area contributed by atoms with Crippen molar-refractivity contribution in [1.29, 1.82) is 5.26 Å². The van der Waals surface area contributed by atoms with Crippen LogP contribution in [0, 0.1) is 35.0 Å². The van der Waals surface area contributed by atoms with Gasteiger partial charge in [-0.15, -0.1) is 0 Å². The second-order valence-electron chi connectivity index (χ2n) is 9.39. The number of rotatable bonds is 4. The lowest BCUT2D eigenvalue weighted by molar-refractivity contribution is -0.148. The lowest BCUT2D eigenvalue weighted by Gasteiger charge is -2.47. The molecule has 0 bridgehead atoms. The van der Waals surface area contributed by atoms with Crippen molar-refractivity contribution < 1.29 is 14.3 Å². The van der Waals surface area contributed by atoms with Gasteiger partial charge >= 0.3 is 5.97 Å². The van der Waals surface area contributed by atoms with Gasteiger partial charge in [0.1, 0.15) is 11.6 Å². The molecule has 1 saturated heterocycles. The Morgan fingerprint density at radius 2 is 2.00 bits per heavy atom. The number of carbonyl (C=O) groups is 2. The van der Waals surface area contributed by atoms with Gasteiger partial charge in [-0.05, 0) is 49.3 Å². The molecule has 1 N–H and O–H groups in total. The Bertz CT molecular complexity index is 1130. The van der Waals surface area contributed by atoms with E-state index in [9.17, 15) is 14.9 Å². The summed E-state index contributed by atoms with van der Waals surface area (Å²) in [6, 6.07) is 13.6. The normalized spacial score (nSPS) is 31.0. The minimum atomic E-state index is -0.982. The number of ether oxygens (including phenoxy) is 1. The molecule has 1 aromatic heterocycles. The van der Waals surface area contributed by atoms with Gasteiger partial charge in [0.05, 0.1) is 17.3 Å². The van der Waals surface area contributed by atoms with Crippen molar-refractivity contribution in [2.24, 2.45) is 23.7 Å². The summed E-state index contributed by atoms with van der Waals surface area (Å²) in [6.07, 6.45) is 6.16. The predicted molar refractivity (Wildman–Crippen MR) is 125 cm³/mol. The number of aromatic nitrogens is 1. The van der Waals surface area contributed by atoms with Gasteiger partial charge in [0.15, 0.2) is 0 Å². The molecule has 170 valence electrons. The lowest BCUT2D eigenvalue weighted by atomic mass is 9.58. The molecule has 2 aliphatic rings. The summed E-state index contributed by atoms with van der Waals surface area (Å²) in [5, 5.41) is 12.3. The zero-order chi connectivity index (χ0) is 23.8. The van der Waals surface area contributed by atoms with Crippen LogP contribution in [-0.2, 0) is 14.3 Å². The van der Waals surface area contributed by atoms with E-state index in [0.29, 0.717) is 17.9 Å². The molecule has 33 heavy (non-hydrogen) atoms. The first-order valence-corrected chi connectivity index (χ1v) is 11.4. The van der Waals surface area contributed by atoms with Crippen LogP contribution in [0.4, 0.5) is 0 Å². The molecule has 6 nitrogen and oxygen atoms in total. The van der Waals surface area contributed by atoms with Crippen LogP contribution in [-0.4, -0.2) is 28.5 Å². The van der Waals surface area contributed by atoms with Crippen molar-refractivity contribution in [3.63, 3.8) is 0 Å². The van der Waals surface area contributed by atoms with E-state index >= 15 is 0 Å². The molecule has 1 amide bonds. The summed E-state index contributed by atoms with van der Waals surface area (Å²) in [7, 11) is 0. The fourth-order valence-electron chi connectivity index (χ4n) is 5.64. The van der Waals surface area contributed by atoms with Crippen molar-refractivity contribution in [3.05, 3.63) is 59.9 Å². The third kappa shape index (κ3) is 4.04. The third-order valence-electron chi connectivity index (χ3n) is 7.33. The van der Waals surface area contributed by atoms with E-state index in [1.807, 2.05) is 43.3 Å². The lowest BCUT2D eigenvalue weighted by Crippen LogP contribution is -2.62. The number of carbonyl (C=O) groups excluding carboxylic acids is 2. The van der Waals surface area contributed by atoms with Gasteiger partial charge < -0.3 is 10.1 Å². The minimum absolute atomic E-state index is 0.0443. The molecule has 0 unspecified atom stereocenters. The Balaban J connectivity index is 1.63. The molecule has 1 aliphatic heterocycles. The number of esters is 1. The molecular formula is C27H29N3O3. The topological polar surface area (TPSA) is 92.1 Å². The first-order valence-electron chi connectivity index (χ1n) is 11.4. The SMILES string of the molecule is CC(=O)N[C@@]12C[C@H](C)[C@@H](C)[C@H](/C=C/c3ccc(-c4ccccc4C#N)cn3)[C@@H]1[C@@H](C)OC2=O. The molecule has 6 heteroatoms. The van der Waals surface area contributed by atoms with E-state index in [0.717, 1.165) is 16.8 Å². The Morgan fingerprint density at radius 1 is 1.24 bits per heavy atom. The van der Waals surface area contributed by atoms with E-state index in [4.69, 9.17) is 4.74 Å². The molecule has 1 aromatic carbocycles. The number of cyclic esters (lactones) is 1. The quantitative estimate of drug-likeness (QED) is 0.709. The molecule has 0 radical (unpaired) electrons. The zero-order valence-electron chi connectivity index (χ0n) is 19.4. The van der Waals surface area contributed by atoms with Crippen LogP contribution in [0.15, 0.2) is 48.7 Å². The molecule has 1 aliphatic carbocycles. The largest absolute Gasteiger partial charge is 0.460 e. The summed E-state index contributed by atoms with van der Waals surface area (Å²) >= 11 is 0. The van der Waals surface area contributed by atoms with Crippen LogP contribution >= 0.6 is 0 Å². The number of pyridine rings is 1. The molecule has 6 atom stereocenters. The highest BCUT2D eigenvalue weighted by atomic mass is 16.6. The standard InChI is InChI=1S/C27H29N3O3/c1-16-13-27(30-19(4)31)25(18(3)33-26(27)32)23(17(16)2)12-11-22-10-9-21(15-29-22)24-8-6-5-7-20(24)14-28/h5-12,15-18,23,25H,13H2,1-4H3,(H,30,31)/b12-11+/t16-,17+,18+,23-,25-,27-/m0/s1. The summed E-state index contributed by atoms with van der Waals surface area (Å²) in [5.74, 6) is -0.0947. The number of hydrogen-bond donors (Lipinski definition) is 1. The maximum Gasteiger partial charge on any atom is 0.332 e. The number of hydrogen-bond acceptors (Lipinski definition) is 5. The zero-order valence-corrected chi connectivity index (χ0v) is 19.4. The maximum atomic E-state index is 12.9. The molecule has 1 saturated carbocycles. The fraction of sp³-hybridized carbons (Fsp3) is 0.407. The van der Waals surface area contributed by atoms with Gasteiger partial charge in [0.25, 0.3) is 0 Å². The van der Waals surface area contributed by atoms with E-state index in [1.54, 1.807) is 12.3 Å². The summed E-state index contributed by atoms with van der Waals surface area (Å²) < 4.78 is 5.65. The Morgan fingerprint density at radius 3 is 2.67 bits per heavy atom. The highest BCUT2D eigenvalue weighted by Crippen LogP contribution is 2.51. The predicted octanol–water partition coefficient (Wildman–Crippen LogP) is 4.36. The van der Waals surface area contributed by atoms with Gasteiger partial charge in [0.2, 0.25) is 5.91 Å². The maximum absolute atomic E-state index is 12.9. The number of fused-ring (bicyclic) bond motifs is 1. The van der Waals surface area contributed by atoms with Gasteiger partial charge in [-0.2, -0.15) is 5.26 Å². The van der Waals surface area contributed by atoms with Crippen LogP contribution in [0.5, 0.6) is 0 Å². The van der Waals surface area contributed by atoms with Crippen molar-refractivity contribution >= 4 is 18.0 Å². The molecule has 2 heterocycles. The van der Waals surface area contributed by atoms with Crippen molar-refractivity contribution in [2.45, 2.75) is 45.8 Å². The van der Waals surface area contributed by atoms with E-state index in [2.05, 4.69) is 36.3 Å². The minimum Gasteiger partial charge on any atom is -0.460 e. The highest BCUT2D eigenvalue weighted by molar-refractivity contribution is 5.89. The number of amides is 1. The van der Waals surface area contributed by atoms with Crippen molar-refractivity contribution in [2.75, 3.05) is 0 Å². The van der Waals surface area contributed by atoms with Crippen LogP contribution in [0.1, 0.15) is 45.4 Å². The highest BCUT2D eigenvalue weighted by Gasteiger charge is 2.62. The molecule has 2 aromatic rings. The van der Waals surface area contributed by atoms with Crippen LogP contribution < -0.4 is 5.32 Å². The Labute approximate surface area is 194 Å². The number of nitrogens with one attached hydrogen (secondary N) is 1. The number of nitriles is 1. The third-order valence-corrected chi connectivity index (χ3v) is 7.33. The van der Waals surface area contributed by atoms with Crippen LogP contribution in [0.3, 0.4) is 0 Å². The van der Waals surface area contributed by atoms with Gasteiger partial charge in [-0.3, -0.25) is 9.78 Å². The molecule has 0 spiro atoms. The van der Waals surface area contributed by atoms with Gasteiger partial charge in [-0.25, -0.2) is 4.79 Å². The van der Waals surface area contributed by atoms with E-state index in [1.165, 1.54) is 6.92 Å². The van der Waals surface area contributed by atoms with Crippen molar-refractivity contribution in [3.8, 4) is 17.2 Å². The van der Waals surface area contributed by atoms with Gasteiger partial charge in [-0.1, -0.05) is 44.2 Å². The molecule has 2 fully saturated rings. The number of allylic oxidation sites excluding steroid dienone is 1. The average molecular weight is 444 g/mol. The second kappa shape index (κ2) is 8.82. The first kappa shape index (κ1) is 22.7. The fourth-order valence-corrected chi connectivity index (χ4v) is 5.64. The summed E-state index contributed by atoms with van der Waals surface area (Å²) in [6.45, 7) is 7.68. The molecule has 4 rings (SSSR count). The van der Waals surface area contributed by atoms with Crippen LogP contribution in [0.2, 0.25) is 0 Å². The van der Waals surface area contributed by atoms with E-state index < -0.39 is 5.54 Å². The van der Waals surface area contributed by atoms with Crippen LogP contribution in [0.25, 0.3) is 17.2 Å². The summed E-state index contributed by atoms with van der Waals surface area (Å²) in [5.41, 5.74) is 2.17. The first-order chi connectivity index (χ1) is 15.8. The second-order valence-corrected chi connectivity index (χ2v) is 9.39. The number of nitrogens with zero attached hydrogens (tertiary/aromatic N) is 2. The van der Waals surface area contributed by atoms with Crippen molar-refractivity contribution in [1.82, 2.24) is 10.3 Å². The smallest absolute Gasteiger partial charge is 0.332 e.